The van der Waals surface area contributed by atoms with Crippen molar-refractivity contribution in [2.75, 3.05) is 5.32 Å². The first kappa shape index (κ1) is 12.0. The lowest BCUT2D eigenvalue weighted by Gasteiger charge is -2.22. The molecule has 0 aliphatic heterocycles. The Labute approximate surface area is 92.3 Å². The molecule has 0 aliphatic rings. The van der Waals surface area contributed by atoms with Gasteiger partial charge in [0.1, 0.15) is 5.82 Å². The molecule has 0 fully saturated rings. The third-order valence-corrected chi connectivity index (χ3v) is 2.64. The van der Waals surface area contributed by atoms with Gasteiger partial charge in [0, 0.05) is 12.2 Å². The summed E-state index contributed by atoms with van der Waals surface area (Å²) in [4.78, 5) is 8.77. The Morgan fingerprint density at radius 2 is 2.00 bits per heavy atom. The minimum atomic E-state index is 0.472. The van der Waals surface area contributed by atoms with Crippen molar-refractivity contribution in [2.45, 2.75) is 47.1 Å². The van der Waals surface area contributed by atoms with Crippen molar-refractivity contribution in [3.8, 4) is 0 Å². The van der Waals surface area contributed by atoms with E-state index in [0.29, 0.717) is 12.0 Å². The molecule has 1 N–H and O–H groups in total. The summed E-state index contributed by atoms with van der Waals surface area (Å²) in [6.45, 7) is 10.6. The van der Waals surface area contributed by atoms with Gasteiger partial charge < -0.3 is 5.32 Å². The van der Waals surface area contributed by atoms with Crippen molar-refractivity contribution in [3.63, 3.8) is 0 Å². The van der Waals surface area contributed by atoms with E-state index in [1.807, 2.05) is 13.8 Å². The number of rotatable bonds is 4. The summed E-state index contributed by atoms with van der Waals surface area (Å²) in [5.74, 6) is 1.53. The van der Waals surface area contributed by atoms with E-state index >= 15 is 0 Å². The molecule has 84 valence electrons. The Hall–Kier alpha value is -1.12. The molecule has 0 aromatic carbocycles. The highest BCUT2D eigenvalue weighted by atomic mass is 15.0. The Kier molecular flexibility index (Phi) is 4.06. The predicted octanol–water partition coefficient (Wildman–Crippen LogP) is 2.94. The molecule has 1 atom stereocenters. The average molecular weight is 207 g/mol. The second-order valence-corrected chi connectivity index (χ2v) is 4.35. The van der Waals surface area contributed by atoms with Crippen molar-refractivity contribution in [1.82, 2.24) is 9.97 Å². The van der Waals surface area contributed by atoms with Gasteiger partial charge in [0.2, 0.25) is 0 Å². The van der Waals surface area contributed by atoms with Crippen molar-refractivity contribution < 1.29 is 0 Å². The van der Waals surface area contributed by atoms with Gasteiger partial charge in [0.05, 0.1) is 11.4 Å². The zero-order valence-electron chi connectivity index (χ0n) is 10.3. The second-order valence-electron chi connectivity index (χ2n) is 4.35. The first-order valence-electron chi connectivity index (χ1n) is 5.61. The van der Waals surface area contributed by atoms with Crippen LogP contribution in [0.4, 0.5) is 5.82 Å². The van der Waals surface area contributed by atoms with Gasteiger partial charge in [-0.2, -0.15) is 0 Å². The van der Waals surface area contributed by atoms with Crippen LogP contribution in [0, 0.1) is 19.8 Å². The summed E-state index contributed by atoms with van der Waals surface area (Å²) in [7, 11) is 0. The largest absolute Gasteiger partial charge is 0.366 e. The Bertz CT molecular complexity index is 321. The number of anilines is 1. The maximum Gasteiger partial charge on any atom is 0.147 e. The molecular formula is C12H21N3. The predicted molar refractivity (Wildman–Crippen MR) is 64.0 cm³/mol. The van der Waals surface area contributed by atoms with Crippen molar-refractivity contribution in [1.29, 1.82) is 0 Å². The molecule has 1 aromatic rings. The van der Waals surface area contributed by atoms with Gasteiger partial charge in [-0.1, -0.05) is 20.8 Å². The van der Waals surface area contributed by atoms with Crippen LogP contribution in [0.2, 0.25) is 0 Å². The summed E-state index contributed by atoms with van der Waals surface area (Å²) in [6, 6.07) is 0.472. The molecule has 0 amide bonds. The minimum absolute atomic E-state index is 0.472. The van der Waals surface area contributed by atoms with E-state index < -0.39 is 0 Å². The van der Waals surface area contributed by atoms with Gasteiger partial charge in [0.25, 0.3) is 0 Å². The fourth-order valence-electron chi connectivity index (χ4n) is 1.59. The Morgan fingerprint density at radius 1 is 1.33 bits per heavy atom. The van der Waals surface area contributed by atoms with Crippen LogP contribution < -0.4 is 5.32 Å². The number of aromatic nitrogens is 2. The van der Waals surface area contributed by atoms with E-state index in [4.69, 9.17) is 0 Å². The summed E-state index contributed by atoms with van der Waals surface area (Å²) >= 11 is 0. The van der Waals surface area contributed by atoms with E-state index in [-0.39, 0.29) is 0 Å². The molecule has 0 radical (unpaired) electrons. The molecule has 0 bridgehead atoms. The lowest BCUT2D eigenvalue weighted by molar-refractivity contribution is 0.509. The van der Waals surface area contributed by atoms with Gasteiger partial charge in [0.15, 0.2) is 0 Å². The number of aryl methyl sites for hydroxylation is 2. The normalized spacial score (nSPS) is 12.9. The highest BCUT2D eigenvalue weighted by Gasteiger charge is 2.12. The summed E-state index contributed by atoms with van der Waals surface area (Å²) < 4.78 is 0. The van der Waals surface area contributed by atoms with Crippen LogP contribution >= 0.6 is 0 Å². The molecule has 0 saturated carbocycles. The monoisotopic (exact) mass is 207 g/mol. The van der Waals surface area contributed by atoms with Crippen LogP contribution in [0.5, 0.6) is 0 Å². The quantitative estimate of drug-likeness (QED) is 0.825. The highest BCUT2D eigenvalue weighted by Crippen LogP contribution is 2.15. The Balaban J connectivity index is 2.82. The third-order valence-electron chi connectivity index (χ3n) is 2.64. The molecule has 0 spiro atoms. The number of hydrogen-bond acceptors (Lipinski definition) is 3. The zero-order chi connectivity index (χ0) is 11.4. The highest BCUT2D eigenvalue weighted by molar-refractivity contribution is 5.40. The molecule has 1 aromatic heterocycles. The van der Waals surface area contributed by atoms with Crippen LogP contribution in [0.3, 0.4) is 0 Å². The lowest BCUT2D eigenvalue weighted by Crippen LogP contribution is -2.25. The second kappa shape index (κ2) is 5.10. The van der Waals surface area contributed by atoms with Gasteiger partial charge in [-0.05, 0) is 26.2 Å². The maximum atomic E-state index is 4.47. The van der Waals surface area contributed by atoms with E-state index in [1.165, 1.54) is 0 Å². The zero-order valence-corrected chi connectivity index (χ0v) is 10.3. The topological polar surface area (TPSA) is 37.8 Å². The molecule has 1 heterocycles. The fraction of sp³-hybridized carbons (Fsp3) is 0.667. The van der Waals surface area contributed by atoms with Crippen LogP contribution in [-0.4, -0.2) is 16.0 Å². The first-order valence-corrected chi connectivity index (χ1v) is 5.61. The molecule has 0 aliphatic carbocycles. The number of nitrogens with one attached hydrogen (secondary N) is 1. The van der Waals surface area contributed by atoms with Crippen molar-refractivity contribution >= 4 is 5.82 Å². The summed E-state index contributed by atoms with van der Waals surface area (Å²) in [5, 5.41) is 3.46. The number of hydrogen-bond donors (Lipinski definition) is 1. The molecule has 3 heteroatoms. The van der Waals surface area contributed by atoms with Crippen molar-refractivity contribution in [3.05, 3.63) is 17.6 Å². The standard InChI is InChI=1S/C12H21N3/c1-6-11(8(2)3)15-12-10(5)13-7-9(4)14-12/h7-8,11H,6H2,1-5H3,(H,14,15). The fourth-order valence-corrected chi connectivity index (χ4v) is 1.59. The third kappa shape index (κ3) is 3.18. The van der Waals surface area contributed by atoms with Crippen LogP contribution in [-0.2, 0) is 0 Å². The maximum absolute atomic E-state index is 4.47. The van der Waals surface area contributed by atoms with Gasteiger partial charge >= 0.3 is 0 Å². The van der Waals surface area contributed by atoms with Crippen LogP contribution in [0.1, 0.15) is 38.6 Å². The minimum Gasteiger partial charge on any atom is -0.366 e. The molecule has 1 unspecified atom stereocenters. The average Bonchev–Trinajstić information content (AvgIpc) is 2.18. The molecule has 15 heavy (non-hydrogen) atoms. The smallest absolute Gasteiger partial charge is 0.147 e. The van der Waals surface area contributed by atoms with Gasteiger partial charge in [-0.25, -0.2) is 4.98 Å². The first-order chi connectivity index (χ1) is 7.04. The molecular weight excluding hydrogens is 186 g/mol. The number of nitrogens with zero attached hydrogens (tertiary/aromatic N) is 2. The van der Waals surface area contributed by atoms with Gasteiger partial charge in [-0.15, -0.1) is 0 Å². The molecule has 1 rings (SSSR count). The van der Waals surface area contributed by atoms with E-state index in [2.05, 4.69) is 36.1 Å². The SMILES string of the molecule is CCC(Nc1nc(C)cnc1C)C(C)C. The van der Waals surface area contributed by atoms with E-state index in [1.54, 1.807) is 6.20 Å². The van der Waals surface area contributed by atoms with E-state index in [9.17, 15) is 0 Å². The summed E-state index contributed by atoms with van der Waals surface area (Å²) in [5.41, 5.74) is 1.93. The summed E-state index contributed by atoms with van der Waals surface area (Å²) in [6.07, 6.45) is 2.91. The van der Waals surface area contributed by atoms with Gasteiger partial charge in [-0.3, -0.25) is 4.98 Å². The van der Waals surface area contributed by atoms with Crippen LogP contribution in [0.25, 0.3) is 0 Å². The molecule has 0 saturated heterocycles. The van der Waals surface area contributed by atoms with E-state index in [0.717, 1.165) is 23.6 Å². The molecule has 3 nitrogen and oxygen atoms in total. The Morgan fingerprint density at radius 3 is 2.53 bits per heavy atom. The van der Waals surface area contributed by atoms with Crippen molar-refractivity contribution in [2.24, 2.45) is 5.92 Å². The lowest BCUT2D eigenvalue weighted by atomic mass is 10.0. The van der Waals surface area contributed by atoms with Crippen LogP contribution in [0.15, 0.2) is 6.20 Å².